The van der Waals surface area contributed by atoms with Crippen molar-refractivity contribution in [3.8, 4) is 0 Å². The number of aromatic nitrogens is 1. The molecule has 0 aliphatic carbocycles. The second-order valence-corrected chi connectivity index (χ2v) is 7.56. The Morgan fingerprint density at radius 1 is 1.14 bits per heavy atom. The molecule has 120 valence electrons. The lowest BCUT2D eigenvalue weighted by molar-refractivity contribution is -0.127. The number of nitrogens with zero attached hydrogens (tertiary/aromatic N) is 3. The Labute approximate surface area is 133 Å². The number of pyridine rings is 1. The largest absolute Gasteiger partial charge is 0.341 e. The minimum absolute atomic E-state index is 0.113. The highest BCUT2D eigenvalue weighted by atomic mass is 16.2. The maximum Gasteiger partial charge on any atom is 0.222 e. The second kappa shape index (κ2) is 5.99. The summed E-state index contributed by atoms with van der Waals surface area (Å²) in [6.07, 6.45) is 2.79. The lowest BCUT2D eigenvalue weighted by atomic mass is 9.90. The molecule has 0 aromatic carbocycles. The molecule has 4 nitrogen and oxygen atoms in total. The third-order valence-electron chi connectivity index (χ3n) is 4.75. The Bertz CT molecular complexity index is 562. The van der Waals surface area contributed by atoms with Gasteiger partial charge in [-0.2, -0.15) is 0 Å². The number of carbonyl (C=O) groups excluding carboxylic acids is 1. The molecule has 1 amide bonds. The molecule has 0 saturated carbocycles. The number of amides is 1. The van der Waals surface area contributed by atoms with E-state index in [4.69, 9.17) is 4.98 Å². The van der Waals surface area contributed by atoms with Crippen molar-refractivity contribution in [3.63, 3.8) is 0 Å². The smallest absolute Gasteiger partial charge is 0.222 e. The van der Waals surface area contributed by atoms with Crippen LogP contribution in [-0.2, 0) is 23.2 Å². The van der Waals surface area contributed by atoms with Crippen molar-refractivity contribution in [1.82, 2.24) is 14.8 Å². The molecule has 3 rings (SSSR count). The van der Waals surface area contributed by atoms with Gasteiger partial charge in [-0.15, -0.1) is 0 Å². The Hall–Kier alpha value is -1.42. The van der Waals surface area contributed by atoms with Crippen LogP contribution in [0.15, 0.2) is 12.1 Å². The predicted molar refractivity (Wildman–Crippen MR) is 87.7 cm³/mol. The molecule has 2 aliphatic heterocycles. The van der Waals surface area contributed by atoms with Gasteiger partial charge >= 0.3 is 0 Å². The number of rotatable bonds is 3. The monoisotopic (exact) mass is 301 g/mol. The first-order chi connectivity index (χ1) is 10.4. The first kappa shape index (κ1) is 15.5. The molecule has 0 bridgehead atoms. The summed E-state index contributed by atoms with van der Waals surface area (Å²) in [5.41, 5.74) is 3.91. The number of carbonyl (C=O) groups is 1. The van der Waals surface area contributed by atoms with Gasteiger partial charge in [-0.3, -0.25) is 14.7 Å². The van der Waals surface area contributed by atoms with Gasteiger partial charge in [0.2, 0.25) is 5.91 Å². The van der Waals surface area contributed by atoms with E-state index in [0.29, 0.717) is 5.91 Å². The first-order valence-electron chi connectivity index (χ1n) is 8.43. The number of fused-ring (bicyclic) bond motifs is 1. The molecule has 2 aliphatic rings. The zero-order valence-electron chi connectivity index (χ0n) is 14.1. The summed E-state index contributed by atoms with van der Waals surface area (Å²) in [6, 6.07) is 4.42. The van der Waals surface area contributed by atoms with Gasteiger partial charge in [0.25, 0.3) is 0 Å². The molecule has 0 atom stereocenters. The standard InChI is InChI=1S/C18H27N3O/c1-18(2,3)16-7-6-14-13-20(10-8-15(14)19-16)11-12-21-9-4-5-17(21)22/h6-7H,4-5,8-13H2,1-3H3. The number of hydrogen-bond acceptors (Lipinski definition) is 3. The molecule has 0 unspecified atom stereocenters. The highest BCUT2D eigenvalue weighted by molar-refractivity contribution is 5.78. The zero-order valence-corrected chi connectivity index (χ0v) is 14.1. The van der Waals surface area contributed by atoms with Crippen molar-refractivity contribution in [2.24, 2.45) is 0 Å². The summed E-state index contributed by atoms with van der Waals surface area (Å²) in [5.74, 6) is 0.328. The Morgan fingerprint density at radius 2 is 1.95 bits per heavy atom. The van der Waals surface area contributed by atoms with Crippen molar-refractivity contribution in [1.29, 1.82) is 0 Å². The topological polar surface area (TPSA) is 36.4 Å². The van der Waals surface area contributed by atoms with Crippen LogP contribution < -0.4 is 0 Å². The molecule has 0 radical (unpaired) electrons. The Morgan fingerprint density at radius 3 is 2.64 bits per heavy atom. The predicted octanol–water partition coefficient (Wildman–Crippen LogP) is 2.36. The third kappa shape index (κ3) is 3.32. The fourth-order valence-corrected chi connectivity index (χ4v) is 3.29. The quantitative estimate of drug-likeness (QED) is 0.860. The van der Waals surface area contributed by atoms with Gasteiger partial charge in [0, 0.05) is 62.4 Å². The molecule has 1 saturated heterocycles. The van der Waals surface area contributed by atoms with Crippen molar-refractivity contribution >= 4 is 5.91 Å². The highest BCUT2D eigenvalue weighted by Gasteiger charge is 2.24. The SMILES string of the molecule is CC(C)(C)c1ccc2c(n1)CCN(CCN1CCCC1=O)C2. The van der Waals surface area contributed by atoms with E-state index in [-0.39, 0.29) is 5.41 Å². The summed E-state index contributed by atoms with van der Waals surface area (Å²) in [6.45, 7) is 11.5. The van der Waals surface area contributed by atoms with E-state index in [0.717, 1.165) is 52.0 Å². The van der Waals surface area contributed by atoms with Crippen LogP contribution in [0, 0.1) is 0 Å². The Balaban J connectivity index is 1.61. The van der Waals surface area contributed by atoms with E-state index in [2.05, 4.69) is 37.8 Å². The van der Waals surface area contributed by atoms with E-state index in [1.54, 1.807) is 0 Å². The van der Waals surface area contributed by atoms with Gasteiger partial charge in [-0.1, -0.05) is 26.8 Å². The summed E-state index contributed by atoms with van der Waals surface area (Å²) < 4.78 is 0. The van der Waals surface area contributed by atoms with Gasteiger partial charge in [-0.25, -0.2) is 0 Å². The summed E-state index contributed by atoms with van der Waals surface area (Å²) in [5, 5.41) is 0. The van der Waals surface area contributed by atoms with Gasteiger partial charge < -0.3 is 4.90 Å². The van der Waals surface area contributed by atoms with E-state index in [1.165, 1.54) is 17.0 Å². The van der Waals surface area contributed by atoms with E-state index >= 15 is 0 Å². The lowest BCUT2D eigenvalue weighted by Gasteiger charge is -2.30. The summed E-state index contributed by atoms with van der Waals surface area (Å²) >= 11 is 0. The van der Waals surface area contributed by atoms with Crippen molar-refractivity contribution < 1.29 is 4.79 Å². The summed E-state index contributed by atoms with van der Waals surface area (Å²) in [4.78, 5) is 21.0. The van der Waals surface area contributed by atoms with Crippen LogP contribution in [0.3, 0.4) is 0 Å². The first-order valence-corrected chi connectivity index (χ1v) is 8.43. The van der Waals surface area contributed by atoms with E-state index in [9.17, 15) is 4.79 Å². The van der Waals surface area contributed by atoms with Crippen molar-refractivity contribution in [2.45, 2.75) is 52.0 Å². The van der Waals surface area contributed by atoms with Crippen LogP contribution in [-0.4, -0.2) is 46.9 Å². The third-order valence-corrected chi connectivity index (χ3v) is 4.75. The van der Waals surface area contributed by atoms with E-state index in [1.807, 2.05) is 4.90 Å². The lowest BCUT2D eigenvalue weighted by Crippen LogP contribution is -2.38. The van der Waals surface area contributed by atoms with E-state index < -0.39 is 0 Å². The number of hydrogen-bond donors (Lipinski definition) is 0. The normalized spacial score (nSPS) is 19.6. The van der Waals surface area contributed by atoms with Crippen LogP contribution >= 0.6 is 0 Å². The summed E-state index contributed by atoms with van der Waals surface area (Å²) in [7, 11) is 0. The molecule has 3 heterocycles. The number of likely N-dealkylation sites (tertiary alicyclic amines) is 1. The molecule has 1 aromatic heterocycles. The average molecular weight is 301 g/mol. The minimum atomic E-state index is 0.113. The van der Waals surface area contributed by atoms with Gasteiger partial charge in [0.15, 0.2) is 0 Å². The van der Waals surface area contributed by atoms with Crippen molar-refractivity contribution in [2.75, 3.05) is 26.2 Å². The molecule has 0 spiro atoms. The van der Waals surface area contributed by atoms with Crippen LogP contribution in [0.5, 0.6) is 0 Å². The molecule has 1 aromatic rings. The maximum atomic E-state index is 11.7. The second-order valence-electron chi connectivity index (χ2n) is 7.56. The van der Waals surface area contributed by atoms with Crippen LogP contribution in [0.25, 0.3) is 0 Å². The molecular formula is C18H27N3O. The van der Waals surface area contributed by atoms with Gasteiger partial charge in [0.05, 0.1) is 0 Å². The van der Waals surface area contributed by atoms with Crippen LogP contribution in [0.1, 0.15) is 50.6 Å². The fourth-order valence-electron chi connectivity index (χ4n) is 3.29. The average Bonchev–Trinajstić information content (AvgIpc) is 2.88. The molecule has 1 fully saturated rings. The fraction of sp³-hybridized carbons (Fsp3) is 0.667. The van der Waals surface area contributed by atoms with Crippen LogP contribution in [0.2, 0.25) is 0 Å². The van der Waals surface area contributed by atoms with Gasteiger partial charge in [-0.05, 0) is 18.1 Å². The van der Waals surface area contributed by atoms with Crippen LogP contribution in [0.4, 0.5) is 0 Å². The minimum Gasteiger partial charge on any atom is -0.341 e. The Kier molecular flexibility index (Phi) is 4.22. The van der Waals surface area contributed by atoms with Crippen molar-refractivity contribution in [3.05, 3.63) is 29.1 Å². The molecule has 0 N–H and O–H groups in total. The van der Waals surface area contributed by atoms with Gasteiger partial charge in [0.1, 0.15) is 0 Å². The highest BCUT2D eigenvalue weighted by Crippen LogP contribution is 2.24. The molecule has 4 heteroatoms. The zero-order chi connectivity index (χ0) is 15.7. The molecular weight excluding hydrogens is 274 g/mol. The maximum absolute atomic E-state index is 11.7. The molecule has 22 heavy (non-hydrogen) atoms.